The van der Waals surface area contributed by atoms with Crippen molar-refractivity contribution in [3.05, 3.63) is 41.6 Å². The molecule has 0 radical (unpaired) electrons. The van der Waals surface area contributed by atoms with Crippen LogP contribution in [-0.2, 0) is 6.18 Å². The third-order valence-electron chi connectivity index (χ3n) is 3.56. The highest BCUT2D eigenvalue weighted by molar-refractivity contribution is 5.52. The van der Waals surface area contributed by atoms with E-state index in [1.807, 2.05) is 6.08 Å². The van der Waals surface area contributed by atoms with Crippen LogP contribution in [0.15, 0.2) is 36.0 Å². The van der Waals surface area contributed by atoms with E-state index < -0.39 is 11.7 Å². The number of para-hydroxylation sites is 1. The third kappa shape index (κ3) is 4.14. The standard InChI is InChI=1S/C15H20F3N3/c1-11(2)21-9-7-12(8-10-21)19-20-14-6-4-3-5-13(14)15(16,17)18/h3-7,11,19-20H,8-10H2,1-2H3. The van der Waals surface area contributed by atoms with Crippen molar-refractivity contribution in [1.29, 1.82) is 0 Å². The van der Waals surface area contributed by atoms with Crippen molar-refractivity contribution < 1.29 is 13.2 Å². The van der Waals surface area contributed by atoms with Crippen molar-refractivity contribution in [3.63, 3.8) is 0 Å². The van der Waals surface area contributed by atoms with Crippen LogP contribution < -0.4 is 10.9 Å². The number of nitrogens with zero attached hydrogens (tertiary/aromatic N) is 1. The third-order valence-corrected chi connectivity index (χ3v) is 3.56. The van der Waals surface area contributed by atoms with Crippen LogP contribution in [0.1, 0.15) is 25.8 Å². The lowest BCUT2D eigenvalue weighted by Crippen LogP contribution is -2.37. The van der Waals surface area contributed by atoms with Crippen molar-refractivity contribution in [2.24, 2.45) is 0 Å². The number of alkyl halides is 3. The van der Waals surface area contributed by atoms with E-state index in [0.29, 0.717) is 6.04 Å². The molecular weight excluding hydrogens is 279 g/mol. The Labute approximate surface area is 122 Å². The van der Waals surface area contributed by atoms with E-state index in [-0.39, 0.29) is 5.69 Å². The number of halogens is 3. The molecular formula is C15H20F3N3. The number of hydrogen-bond acceptors (Lipinski definition) is 3. The Morgan fingerprint density at radius 3 is 2.43 bits per heavy atom. The van der Waals surface area contributed by atoms with Gasteiger partial charge in [-0.3, -0.25) is 4.90 Å². The van der Waals surface area contributed by atoms with E-state index in [1.54, 1.807) is 6.07 Å². The molecule has 0 atom stereocenters. The van der Waals surface area contributed by atoms with Gasteiger partial charge in [0.25, 0.3) is 0 Å². The van der Waals surface area contributed by atoms with Gasteiger partial charge in [-0.2, -0.15) is 13.2 Å². The first kappa shape index (κ1) is 15.7. The van der Waals surface area contributed by atoms with Crippen LogP contribution in [0, 0.1) is 0 Å². The molecule has 0 aromatic heterocycles. The fourth-order valence-corrected chi connectivity index (χ4v) is 2.25. The fraction of sp³-hybridized carbons (Fsp3) is 0.467. The van der Waals surface area contributed by atoms with Gasteiger partial charge >= 0.3 is 6.18 Å². The summed E-state index contributed by atoms with van der Waals surface area (Å²) in [5.41, 5.74) is 5.86. The number of rotatable bonds is 4. The van der Waals surface area contributed by atoms with Gasteiger partial charge in [-0.15, -0.1) is 0 Å². The predicted octanol–water partition coefficient (Wildman–Crippen LogP) is 3.62. The van der Waals surface area contributed by atoms with E-state index in [1.165, 1.54) is 12.1 Å². The van der Waals surface area contributed by atoms with Crippen LogP contribution >= 0.6 is 0 Å². The molecule has 1 aromatic carbocycles. The second-order valence-corrected chi connectivity index (χ2v) is 5.36. The Hall–Kier alpha value is -1.69. The number of benzene rings is 1. The van der Waals surface area contributed by atoms with E-state index in [4.69, 9.17) is 0 Å². The normalized spacial score (nSPS) is 16.8. The number of nitrogens with one attached hydrogen (secondary N) is 2. The van der Waals surface area contributed by atoms with Gasteiger partial charge in [0, 0.05) is 31.2 Å². The lowest BCUT2D eigenvalue weighted by atomic mass is 10.1. The molecule has 0 saturated carbocycles. The maximum Gasteiger partial charge on any atom is 0.418 e. The lowest BCUT2D eigenvalue weighted by molar-refractivity contribution is -0.137. The van der Waals surface area contributed by atoms with Crippen molar-refractivity contribution >= 4 is 5.69 Å². The van der Waals surface area contributed by atoms with E-state index >= 15 is 0 Å². The summed E-state index contributed by atoms with van der Waals surface area (Å²) in [6.07, 6.45) is -1.56. The topological polar surface area (TPSA) is 27.3 Å². The minimum Gasteiger partial charge on any atom is -0.305 e. The van der Waals surface area contributed by atoms with Crippen LogP contribution in [0.25, 0.3) is 0 Å². The molecule has 1 aromatic rings. The van der Waals surface area contributed by atoms with E-state index in [9.17, 15) is 13.2 Å². The van der Waals surface area contributed by atoms with Crippen LogP contribution in [0.4, 0.5) is 18.9 Å². The minimum atomic E-state index is -4.36. The van der Waals surface area contributed by atoms with Gasteiger partial charge in [0.15, 0.2) is 0 Å². The van der Waals surface area contributed by atoms with Crippen molar-refractivity contribution in [1.82, 2.24) is 10.3 Å². The van der Waals surface area contributed by atoms with Crippen LogP contribution in [0.5, 0.6) is 0 Å². The molecule has 0 amide bonds. The highest BCUT2D eigenvalue weighted by Gasteiger charge is 2.33. The summed E-state index contributed by atoms with van der Waals surface area (Å²) >= 11 is 0. The average Bonchev–Trinajstić information content (AvgIpc) is 2.45. The zero-order valence-electron chi connectivity index (χ0n) is 12.2. The molecule has 0 fully saturated rings. The molecule has 0 unspecified atom stereocenters. The maximum atomic E-state index is 12.9. The Kier molecular flexibility index (Phi) is 4.77. The monoisotopic (exact) mass is 299 g/mol. The maximum absolute atomic E-state index is 12.9. The molecule has 1 aliphatic heterocycles. The van der Waals surface area contributed by atoms with Crippen LogP contribution in [0.3, 0.4) is 0 Å². The Morgan fingerprint density at radius 1 is 1.14 bits per heavy atom. The average molecular weight is 299 g/mol. The largest absolute Gasteiger partial charge is 0.418 e. The summed E-state index contributed by atoms with van der Waals surface area (Å²) in [6.45, 7) is 5.97. The molecule has 1 heterocycles. The number of hydrogen-bond donors (Lipinski definition) is 2. The lowest BCUT2D eigenvalue weighted by Gasteiger charge is -2.30. The molecule has 1 aliphatic rings. The molecule has 0 bridgehead atoms. The summed E-state index contributed by atoms with van der Waals surface area (Å²) in [7, 11) is 0. The first-order valence-electron chi connectivity index (χ1n) is 6.99. The zero-order chi connectivity index (χ0) is 15.5. The minimum absolute atomic E-state index is 0.0391. The number of hydrazine groups is 1. The van der Waals surface area contributed by atoms with Crippen molar-refractivity contribution in [2.45, 2.75) is 32.5 Å². The molecule has 21 heavy (non-hydrogen) atoms. The van der Waals surface area contributed by atoms with Crippen molar-refractivity contribution in [3.8, 4) is 0 Å². The van der Waals surface area contributed by atoms with Gasteiger partial charge < -0.3 is 10.9 Å². The van der Waals surface area contributed by atoms with E-state index in [0.717, 1.165) is 31.3 Å². The Morgan fingerprint density at radius 2 is 1.86 bits per heavy atom. The molecule has 6 heteroatoms. The summed E-state index contributed by atoms with van der Waals surface area (Å²) < 4.78 is 38.6. The first-order chi connectivity index (χ1) is 9.88. The van der Waals surface area contributed by atoms with Gasteiger partial charge in [-0.1, -0.05) is 12.1 Å². The Bertz CT molecular complexity index is 509. The molecule has 3 nitrogen and oxygen atoms in total. The van der Waals surface area contributed by atoms with Crippen molar-refractivity contribution in [2.75, 3.05) is 18.5 Å². The molecule has 0 aliphatic carbocycles. The summed E-state index contributed by atoms with van der Waals surface area (Å²) in [5, 5.41) is 0. The summed E-state index contributed by atoms with van der Waals surface area (Å²) in [4.78, 5) is 2.30. The van der Waals surface area contributed by atoms with E-state index in [2.05, 4.69) is 29.6 Å². The van der Waals surface area contributed by atoms with Gasteiger partial charge in [0.2, 0.25) is 0 Å². The van der Waals surface area contributed by atoms with Gasteiger partial charge in [0.1, 0.15) is 0 Å². The quantitative estimate of drug-likeness (QED) is 0.832. The Balaban J connectivity index is 1.99. The van der Waals surface area contributed by atoms with Crippen LogP contribution in [0.2, 0.25) is 0 Å². The van der Waals surface area contributed by atoms with Crippen LogP contribution in [-0.4, -0.2) is 24.0 Å². The first-order valence-corrected chi connectivity index (χ1v) is 6.99. The summed E-state index contributed by atoms with van der Waals surface area (Å²) in [5.74, 6) is 0. The highest BCUT2D eigenvalue weighted by atomic mass is 19.4. The predicted molar refractivity (Wildman–Crippen MR) is 77.6 cm³/mol. The summed E-state index contributed by atoms with van der Waals surface area (Å²) in [6, 6.07) is 5.92. The zero-order valence-corrected chi connectivity index (χ0v) is 12.2. The smallest absolute Gasteiger partial charge is 0.305 e. The molecule has 2 rings (SSSR count). The van der Waals surface area contributed by atoms with Gasteiger partial charge in [-0.25, -0.2) is 0 Å². The second kappa shape index (κ2) is 6.39. The molecule has 0 spiro atoms. The fourth-order valence-electron chi connectivity index (χ4n) is 2.25. The molecule has 116 valence electrons. The second-order valence-electron chi connectivity index (χ2n) is 5.36. The molecule has 2 N–H and O–H groups in total. The van der Waals surface area contributed by atoms with Gasteiger partial charge in [0.05, 0.1) is 11.3 Å². The highest BCUT2D eigenvalue weighted by Crippen LogP contribution is 2.34. The SMILES string of the molecule is CC(C)N1CC=C(NNc2ccccc2C(F)(F)F)CC1. The van der Waals surface area contributed by atoms with Gasteiger partial charge in [-0.05, 0) is 32.1 Å². The number of anilines is 1. The molecule has 0 saturated heterocycles.